The minimum Gasteiger partial charge on any atom is -0.389 e. The second-order valence-electron chi connectivity index (χ2n) is 7.17. The maximum Gasteiger partial charge on any atom is 0.280 e. The van der Waals surface area contributed by atoms with Crippen LogP contribution in [0, 0.1) is 5.13 Å². The van der Waals surface area contributed by atoms with Crippen LogP contribution in [0.15, 0.2) is 40.5 Å². The largest absolute Gasteiger partial charge is 0.389 e. The van der Waals surface area contributed by atoms with Crippen molar-refractivity contribution < 1.29 is 32.0 Å². The Kier molecular flexibility index (Phi) is 6.97. The topological polar surface area (TPSA) is 139 Å². The van der Waals surface area contributed by atoms with Gasteiger partial charge in [0.15, 0.2) is 22.1 Å². The zero-order valence-corrected chi connectivity index (χ0v) is 18.8. The molecule has 4 rings (SSSR count). The van der Waals surface area contributed by atoms with Crippen LogP contribution < -0.4 is 10.6 Å². The number of oxime groups is 1. The van der Waals surface area contributed by atoms with E-state index < -0.39 is 21.1 Å². The third-order valence-electron chi connectivity index (χ3n) is 4.86. The Hall–Kier alpha value is -2.94. The van der Waals surface area contributed by atoms with E-state index in [4.69, 9.17) is 9.57 Å². The number of rotatable bonds is 7. The summed E-state index contributed by atoms with van der Waals surface area (Å²) in [5, 5.41) is 8.47. The molecule has 11 nitrogen and oxygen atoms in total. The van der Waals surface area contributed by atoms with Crippen molar-refractivity contribution in [3.8, 4) is 0 Å². The van der Waals surface area contributed by atoms with E-state index in [-0.39, 0.29) is 52.9 Å². The molecule has 2 saturated heterocycles. The smallest absolute Gasteiger partial charge is 0.280 e. The van der Waals surface area contributed by atoms with Crippen LogP contribution in [0.2, 0.25) is 0 Å². The quantitative estimate of drug-likeness (QED) is 0.421. The van der Waals surface area contributed by atoms with E-state index in [9.17, 15) is 22.4 Å². The van der Waals surface area contributed by atoms with Crippen molar-refractivity contribution in [3.63, 3.8) is 0 Å². The van der Waals surface area contributed by atoms with Gasteiger partial charge in [-0.1, -0.05) is 28.6 Å². The molecule has 1 aromatic carbocycles. The summed E-state index contributed by atoms with van der Waals surface area (Å²) < 4.78 is 45.2. The lowest BCUT2D eigenvalue weighted by Gasteiger charge is -2.25. The molecule has 2 amide bonds. The maximum absolute atomic E-state index is 13.2. The number of piperazine rings is 1. The Labute approximate surface area is 192 Å². The number of carbonyl (C=O) groups excluding carboxylic acids is 2. The highest BCUT2D eigenvalue weighted by Gasteiger charge is 2.29. The first-order valence-corrected chi connectivity index (χ1v) is 12.2. The van der Waals surface area contributed by atoms with E-state index in [1.54, 1.807) is 0 Å². The molecule has 2 aromatic rings. The molecule has 0 saturated carbocycles. The van der Waals surface area contributed by atoms with Crippen LogP contribution in [-0.2, 0) is 29.2 Å². The second kappa shape index (κ2) is 9.91. The van der Waals surface area contributed by atoms with Gasteiger partial charge < -0.3 is 14.9 Å². The second-order valence-corrected chi connectivity index (χ2v) is 10.1. The van der Waals surface area contributed by atoms with Gasteiger partial charge in [-0.25, -0.2) is 13.4 Å². The van der Waals surface area contributed by atoms with Gasteiger partial charge in [0.2, 0.25) is 15.9 Å². The zero-order chi connectivity index (χ0) is 23.4. The molecule has 1 atom stereocenters. The number of ether oxygens (including phenoxy) is 1. The predicted octanol–water partition coefficient (Wildman–Crippen LogP) is 0.551. The fraction of sp³-hybridized carbons (Fsp3) is 0.368. The number of aromatic nitrogens is 1. The molecule has 14 heteroatoms. The first kappa shape index (κ1) is 23.2. The highest BCUT2D eigenvalue weighted by atomic mass is 32.2. The van der Waals surface area contributed by atoms with Gasteiger partial charge in [-0.3, -0.25) is 14.9 Å². The van der Waals surface area contributed by atoms with E-state index in [1.165, 1.54) is 24.3 Å². The number of amides is 2. The van der Waals surface area contributed by atoms with Gasteiger partial charge in [0.1, 0.15) is 0 Å². The average Bonchev–Trinajstić information content (AvgIpc) is 3.46. The number of carbonyl (C=O) groups is 2. The highest BCUT2D eigenvalue weighted by Crippen LogP contribution is 2.20. The zero-order valence-electron chi connectivity index (χ0n) is 17.2. The predicted molar refractivity (Wildman–Crippen MR) is 116 cm³/mol. The van der Waals surface area contributed by atoms with Crippen LogP contribution in [0.25, 0.3) is 0 Å². The lowest BCUT2D eigenvalue weighted by molar-refractivity contribution is -0.122. The van der Waals surface area contributed by atoms with Gasteiger partial charge in [0, 0.05) is 25.1 Å². The molecule has 176 valence electrons. The summed E-state index contributed by atoms with van der Waals surface area (Å²) in [4.78, 5) is 33.5. The minimum atomic E-state index is -3.89. The average molecular weight is 498 g/mol. The molecule has 33 heavy (non-hydrogen) atoms. The first-order valence-electron chi connectivity index (χ1n) is 9.94. The van der Waals surface area contributed by atoms with Crippen molar-refractivity contribution in [2.24, 2.45) is 5.16 Å². The van der Waals surface area contributed by atoms with E-state index in [0.717, 1.165) is 10.5 Å². The van der Waals surface area contributed by atoms with Crippen molar-refractivity contribution in [3.05, 3.63) is 41.2 Å². The Morgan fingerprint density at radius 2 is 2.15 bits per heavy atom. The molecule has 1 aromatic heterocycles. The molecule has 0 radical (unpaired) electrons. The number of anilines is 1. The number of nitrogens with zero attached hydrogens (tertiary/aromatic N) is 3. The lowest BCUT2D eigenvalue weighted by Crippen LogP contribution is -2.49. The van der Waals surface area contributed by atoms with Gasteiger partial charge in [-0.2, -0.15) is 8.70 Å². The van der Waals surface area contributed by atoms with Crippen LogP contribution in [0.4, 0.5) is 9.52 Å². The Bertz CT molecular complexity index is 1160. The summed E-state index contributed by atoms with van der Waals surface area (Å²) in [5.74, 6) is -1.08. The third kappa shape index (κ3) is 5.52. The van der Waals surface area contributed by atoms with Crippen molar-refractivity contribution >= 4 is 44.0 Å². The molecule has 0 unspecified atom stereocenters. The number of thiazole rings is 1. The van der Waals surface area contributed by atoms with Crippen LogP contribution in [0.3, 0.4) is 0 Å². The van der Waals surface area contributed by atoms with Crippen molar-refractivity contribution in [2.75, 3.05) is 38.2 Å². The van der Waals surface area contributed by atoms with Crippen molar-refractivity contribution in [1.82, 2.24) is 14.6 Å². The van der Waals surface area contributed by atoms with Crippen molar-refractivity contribution in [1.29, 1.82) is 0 Å². The maximum atomic E-state index is 13.2. The number of nitrogens with one attached hydrogen (secondary N) is 2. The number of sulfonamides is 1. The number of halogens is 1. The molecule has 2 N–H and O–H groups in total. The summed E-state index contributed by atoms with van der Waals surface area (Å²) in [5.41, 5.74) is 0.137. The summed E-state index contributed by atoms with van der Waals surface area (Å²) in [6.45, 7) is 0.970. The van der Waals surface area contributed by atoms with Gasteiger partial charge in [0.25, 0.3) is 5.91 Å². The standard InChI is InChI=1S/C19H20FN5O6S2/c20-15-9-22-19(32-15)23-18(27)17(24-31-13-5-8-30-11-13)12-1-3-14(4-2-12)33(28,29)25-7-6-21-16(26)10-25/h1-4,9,13H,5-8,10-11H2,(H,21,26)(H,22,23,27)/t13-/m1/s1. The van der Waals surface area contributed by atoms with Gasteiger partial charge in [-0.15, -0.1) is 0 Å². The SMILES string of the molecule is O=C1CN(S(=O)(=O)c2ccc(C(=NO[C@@H]3CCOC3)C(=O)Nc3ncc(F)s3)cc2)CCN1. The first-order chi connectivity index (χ1) is 15.8. The minimum absolute atomic E-state index is 0.0344. The van der Waals surface area contributed by atoms with Crippen molar-refractivity contribution in [2.45, 2.75) is 17.4 Å². The van der Waals surface area contributed by atoms with E-state index >= 15 is 0 Å². The molecule has 2 aliphatic heterocycles. The molecule has 0 aliphatic carbocycles. The number of hydrogen-bond acceptors (Lipinski definition) is 9. The lowest BCUT2D eigenvalue weighted by atomic mass is 10.1. The van der Waals surface area contributed by atoms with Crippen LogP contribution in [-0.4, -0.2) is 74.2 Å². The van der Waals surface area contributed by atoms with Crippen LogP contribution >= 0.6 is 11.3 Å². The summed E-state index contributed by atoms with van der Waals surface area (Å²) in [6.07, 6.45) is 1.26. The summed E-state index contributed by atoms with van der Waals surface area (Å²) in [6, 6.07) is 5.46. The number of hydrogen-bond donors (Lipinski definition) is 2. The van der Waals surface area contributed by atoms with Gasteiger partial charge in [0.05, 0.1) is 30.9 Å². The molecule has 2 aliphatic rings. The molecule has 3 heterocycles. The Balaban J connectivity index is 1.57. The molecule has 0 bridgehead atoms. The van der Waals surface area contributed by atoms with E-state index in [1.807, 2.05) is 0 Å². The normalized spacial score (nSPS) is 19.8. The van der Waals surface area contributed by atoms with Crippen LogP contribution in [0.5, 0.6) is 0 Å². The summed E-state index contributed by atoms with van der Waals surface area (Å²) in [7, 11) is -3.89. The third-order valence-corrected chi connectivity index (χ3v) is 7.42. The molecular weight excluding hydrogens is 477 g/mol. The molecule has 2 fully saturated rings. The monoisotopic (exact) mass is 497 g/mol. The fourth-order valence-electron chi connectivity index (χ4n) is 3.17. The highest BCUT2D eigenvalue weighted by molar-refractivity contribution is 7.89. The van der Waals surface area contributed by atoms with E-state index in [2.05, 4.69) is 20.8 Å². The molecular formula is C19H20FN5O6S2. The van der Waals surface area contributed by atoms with Gasteiger partial charge >= 0.3 is 0 Å². The fourth-order valence-corrected chi connectivity index (χ4v) is 5.11. The molecule has 0 spiro atoms. The number of benzene rings is 1. The Morgan fingerprint density at radius 1 is 1.36 bits per heavy atom. The van der Waals surface area contributed by atoms with Gasteiger partial charge in [-0.05, 0) is 12.1 Å². The Morgan fingerprint density at radius 3 is 2.79 bits per heavy atom. The van der Waals surface area contributed by atoms with Crippen LogP contribution in [0.1, 0.15) is 12.0 Å². The summed E-state index contributed by atoms with van der Waals surface area (Å²) >= 11 is 0.651. The van der Waals surface area contributed by atoms with E-state index in [0.29, 0.717) is 31.0 Å².